The molecule has 122 valence electrons. The molecule has 0 bridgehead atoms. The molecule has 1 amide bonds. The highest BCUT2D eigenvalue weighted by Crippen LogP contribution is 2.61. The molecule has 2 saturated carbocycles. The number of hydrogen-bond donors (Lipinski definition) is 2. The maximum Gasteiger partial charge on any atom is 0.306 e. The van der Waals surface area contributed by atoms with E-state index >= 15 is 0 Å². The fourth-order valence-electron chi connectivity index (χ4n) is 4.73. The van der Waals surface area contributed by atoms with E-state index in [1.165, 1.54) is 11.1 Å². The van der Waals surface area contributed by atoms with Crippen LogP contribution in [0.2, 0.25) is 0 Å². The van der Waals surface area contributed by atoms with Crippen molar-refractivity contribution in [2.45, 2.75) is 56.4 Å². The molecule has 2 fully saturated rings. The number of nitrogens with one attached hydrogen (secondary N) is 1. The Hall–Kier alpha value is -1.84. The van der Waals surface area contributed by atoms with Crippen LogP contribution < -0.4 is 5.32 Å². The fourth-order valence-corrected chi connectivity index (χ4v) is 4.73. The molecule has 4 rings (SSSR count). The van der Waals surface area contributed by atoms with Gasteiger partial charge in [-0.3, -0.25) is 9.59 Å². The molecular weight excluding hydrogens is 290 g/mol. The largest absolute Gasteiger partial charge is 0.481 e. The van der Waals surface area contributed by atoms with Crippen molar-refractivity contribution in [1.29, 1.82) is 0 Å². The van der Waals surface area contributed by atoms with E-state index in [2.05, 4.69) is 29.6 Å². The molecule has 0 aromatic heterocycles. The van der Waals surface area contributed by atoms with Crippen LogP contribution >= 0.6 is 0 Å². The van der Waals surface area contributed by atoms with Gasteiger partial charge in [-0.2, -0.15) is 0 Å². The smallest absolute Gasteiger partial charge is 0.306 e. The number of aliphatic carboxylic acids is 1. The lowest BCUT2D eigenvalue weighted by Crippen LogP contribution is -2.40. The van der Waals surface area contributed by atoms with Crippen LogP contribution in [-0.4, -0.2) is 23.0 Å². The van der Waals surface area contributed by atoms with Crippen LogP contribution in [0.1, 0.15) is 49.7 Å². The highest BCUT2D eigenvalue weighted by Gasteiger charge is 2.61. The maximum absolute atomic E-state index is 12.6. The Morgan fingerprint density at radius 1 is 1.13 bits per heavy atom. The Morgan fingerprint density at radius 3 is 2.61 bits per heavy atom. The molecule has 0 aliphatic heterocycles. The lowest BCUT2D eigenvalue weighted by molar-refractivity contribution is -0.142. The summed E-state index contributed by atoms with van der Waals surface area (Å²) in [4.78, 5) is 23.6. The number of benzene rings is 1. The van der Waals surface area contributed by atoms with Crippen molar-refractivity contribution in [2.24, 2.45) is 11.8 Å². The number of rotatable bonds is 3. The minimum atomic E-state index is -0.696. The number of aryl methyl sites for hydroxylation is 1. The van der Waals surface area contributed by atoms with Crippen LogP contribution in [0.4, 0.5) is 0 Å². The maximum atomic E-state index is 12.6. The molecule has 3 aliphatic carbocycles. The van der Waals surface area contributed by atoms with E-state index < -0.39 is 5.97 Å². The highest BCUT2D eigenvalue weighted by molar-refractivity contribution is 5.85. The molecule has 23 heavy (non-hydrogen) atoms. The molecule has 4 nitrogen and oxygen atoms in total. The summed E-state index contributed by atoms with van der Waals surface area (Å²) in [6.07, 6.45) is 6.09. The van der Waals surface area contributed by atoms with Gasteiger partial charge in [0.2, 0.25) is 5.91 Å². The normalized spacial score (nSPS) is 34.9. The van der Waals surface area contributed by atoms with Gasteiger partial charge in [-0.05, 0) is 56.1 Å². The second kappa shape index (κ2) is 5.36. The SMILES string of the molecule is O=C(O)C1CCC(NC(=O)C2CC23CCc2ccccc23)CC1. The van der Waals surface area contributed by atoms with Crippen LogP contribution in [0.5, 0.6) is 0 Å². The Kier molecular flexibility index (Phi) is 3.43. The van der Waals surface area contributed by atoms with E-state index in [9.17, 15) is 9.59 Å². The zero-order valence-electron chi connectivity index (χ0n) is 13.3. The van der Waals surface area contributed by atoms with Gasteiger partial charge in [-0.1, -0.05) is 24.3 Å². The number of carboxylic acid groups (broad SMARTS) is 1. The van der Waals surface area contributed by atoms with Gasteiger partial charge < -0.3 is 10.4 Å². The van der Waals surface area contributed by atoms with E-state index in [-0.39, 0.29) is 29.2 Å². The van der Waals surface area contributed by atoms with Gasteiger partial charge in [0.25, 0.3) is 0 Å². The third kappa shape index (κ3) is 2.44. The molecule has 0 heterocycles. The van der Waals surface area contributed by atoms with Gasteiger partial charge in [-0.25, -0.2) is 0 Å². The lowest BCUT2D eigenvalue weighted by Gasteiger charge is -2.27. The summed E-state index contributed by atoms with van der Waals surface area (Å²) in [5.74, 6) is -0.626. The monoisotopic (exact) mass is 313 g/mol. The van der Waals surface area contributed by atoms with E-state index in [0.29, 0.717) is 12.8 Å². The second-order valence-electron chi connectivity index (χ2n) is 7.47. The molecular formula is C19H23NO3. The molecule has 0 saturated heterocycles. The van der Waals surface area contributed by atoms with Gasteiger partial charge in [-0.15, -0.1) is 0 Å². The van der Waals surface area contributed by atoms with Crippen LogP contribution in [0, 0.1) is 11.8 Å². The van der Waals surface area contributed by atoms with Crippen molar-refractivity contribution in [2.75, 3.05) is 0 Å². The summed E-state index contributed by atoms with van der Waals surface area (Å²) in [5.41, 5.74) is 2.89. The van der Waals surface area contributed by atoms with Gasteiger partial charge >= 0.3 is 5.97 Å². The van der Waals surface area contributed by atoms with Crippen LogP contribution in [-0.2, 0) is 21.4 Å². The topological polar surface area (TPSA) is 66.4 Å². The number of amides is 1. The van der Waals surface area contributed by atoms with Gasteiger partial charge in [0.1, 0.15) is 0 Å². The lowest BCUT2D eigenvalue weighted by atomic mass is 9.86. The molecule has 0 radical (unpaired) electrons. The molecule has 4 heteroatoms. The Labute approximate surface area is 136 Å². The van der Waals surface area contributed by atoms with Crippen molar-refractivity contribution < 1.29 is 14.7 Å². The predicted molar refractivity (Wildman–Crippen MR) is 86.1 cm³/mol. The minimum absolute atomic E-state index is 0.0962. The minimum Gasteiger partial charge on any atom is -0.481 e. The van der Waals surface area contributed by atoms with Crippen molar-refractivity contribution in [1.82, 2.24) is 5.32 Å². The van der Waals surface area contributed by atoms with Gasteiger partial charge in [0, 0.05) is 17.4 Å². The molecule has 1 spiro atoms. The second-order valence-corrected chi connectivity index (χ2v) is 7.47. The fraction of sp³-hybridized carbons (Fsp3) is 0.579. The van der Waals surface area contributed by atoms with Gasteiger partial charge in [0.15, 0.2) is 0 Å². The van der Waals surface area contributed by atoms with Crippen molar-refractivity contribution >= 4 is 11.9 Å². The number of carbonyl (C=O) groups is 2. The zero-order chi connectivity index (χ0) is 16.0. The molecule has 3 aliphatic rings. The number of fused-ring (bicyclic) bond motifs is 2. The van der Waals surface area contributed by atoms with Gasteiger partial charge in [0.05, 0.1) is 5.92 Å². The first kappa shape index (κ1) is 14.7. The van der Waals surface area contributed by atoms with Crippen molar-refractivity contribution in [3.63, 3.8) is 0 Å². The highest BCUT2D eigenvalue weighted by atomic mass is 16.4. The van der Waals surface area contributed by atoms with E-state index in [0.717, 1.165) is 32.1 Å². The van der Waals surface area contributed by atoms with E-state index in [4.69, 9.17) is 5.11 Å². The first-order chi connectivity index (χ1) is 11.1. The molecule has 2 unspecified atom stereocenters. The number of hydrogen-bond acceptors (Lipinski definition) is 2. The molecule has 2 N–H and O–H groups in total. The average Bonchev–Trinajstić information content (AvgIpc) is 3.18. The first-order valence-corrected chi connectivity index (χ1v) is 8.72. The predicted octanol–water partition coefficient (Wildman–Crippen LogP) is 2.65. The average molecular weight is 313 g/mol. The summed E-state index contributed by atoms with van der Waals surface area (Å²) >= 11 is 0. The van der Waals surface area contributed by atoms with Crippen molar-refractivity contribution in [3.05, 3.63) is 35.4 Å². The Bertz CT molecular complexity index is 648. The summed E-state index contributed by atoms with van der Waals surface area (Å²) in [5, 5.41) is 12.2. The quantitative estimate of drug-likeness (QED) is 0.901. The summed E-state index contributed by atoms with van der Waals surface area (Å²) in [7, 11) is 0. The molecule has 1 aromatic rings. The molecule has 2 atom stereocenters. The first-order valence-electron chi connectivity index (χ1n) is 8.72. The zero-order valence-corrected chi connectivity index (χ0v) is 13.3. The van der Waals surface area contributed by atoms with Crippen molar-refractivity contribution in [3.8, 4) is 0 Å². The van der Waals surface area contributed by atoms with Crippen LogP contribution in [0.3, 0.4) is 0 Å². The molecule has 1 aromatic carbocycles. The standard InChI is InChI=1S/C19H23NO3/c21-17(20-14-7-5-13(6-8-14)18(22)23)16-11-19(16)10-9-12-3-1-2-4-15(12)19/h1-4,13-14,16H,5-11H2,(H,20,21)(H,22,23). The summed E-state index contributed by atoms with van der Waals surface area (Å²) in [6.45, 7) is 0. The summed E-state index contributed by atoms with van der Waals surface area (Å²) in [6, 6.07) is 8.69. The Balaban J connectivity index is 1.37. The van der Waals surface area contributed by atoms with Crippen LogP contribution in [0.15, 0.2) is 24.3 Å². The number of carbonyl (C=O) groups excluding carboxylic acids is 1. The van der Waals surface area contributed by atoms with E-state index in [1.54, 1.807) is 0 Å². The van der Waals surface area contributed by atoms with Crippen LogP contribution in [0.25, 0.3) is 0 Å². The third-order valence-electron chi connectivity index (χ3n) is 6.21. The Morgan fingerprint density at radius 2 is 1.87 bits per heavy atom. The number of carboxylic acids is 1. The summed E-state index contributed by atoms with van der Waals surface area (Å²) < 4.78 is 0. The van der Waals surface area contributed by atoms with E-state index in [1.807, 2.05) is 0 Å². The third-order valence-corrected chi connectivity index (χ3v) is 6.21.